The maximum atomic E-state index is 12.1. The molecule has 4 rings (SSSR count). The maximum Gasteiger partial charge on any atom is 0.291 e. The van der Waals surface area contributed by atoms with Crippen molar-refractivity contribution in [3.63, 3.8) is 0 Å². The quantitative estimate of drug-likeness (QED) is 0.576. The number of amides is 1. The summed E-state index contributed by atoms with van der Waals surface area (Å²) >= 11 is 0. The zero-order valence-corrected chi connectivity index (χ0v) is 13.9. The molecule has 2 heterocycles. The van der Waals surface area contributed by atoms with E-state index in [1.807, 2.05) is 6.07 Å². The van der Waals surface area contributed by atoms with Crippen LogP contribution in [0.4, 0.5) is 5.69 Å². The minimum absolute atomic E-state index is 0.260. The SMILES string of the molecule is Cc1ccc(-c2nc3cc(NC(=O)c4ccco4)ccc3o2)cc1C. The van der Waals surface area contributed by atoms with Gasteiger partial charge in [0.2, 0.25) is 5.89 Å². The fourth-order valence-corrected chi connectivity index (χ4v) is 2.60. The van der Waals surface area contributed by atoms with Crippen LogP contribution in [0.15, 0.2) is 63.6 Å². The fourth-order valence-electron chi connectivity index (χ4n) is 2.60. The molecule has 1 N–H and O–H groups in total. The van der Waals surface area contributed by atoms with Crippen molar-refractivity contribution in [2.45, 2.75) is 13.8 Å². The Kier molecular flexibility index (Phi) is 3.61. The Morgan fingerprint density at radius 2 is 1.92 bits per heavy atom. The zero-order chi connectivity index (χ0) is 17.4. The Labute approximate surface area is 144 Å². The Morgan fingerprint density at radius 1 is 1.04 bits per heavy atom. The van der Waals surface area contributed by atoms with E-state index in [2.05, 4.69) is 36.3 Å². The highest BCUT2D eigenvalue weighted by Gasteiger charge is 2.12. The third-order valence-electron chi connectivity index (χ3n) is 4.14. The van der Waals surface area contributed by atoms with Gasteiger partial charge in [-0.15, -0.1) is 0 Å². The Bertz CT molecular complexity index is 1060. The molecule has 0 fully saturated rings. The molecular weight excluding hydrogens is 316 g/mol. The molecule has 0 radical (unpaired) electrons. The van der Waals surface area contributed by atoms with E-state index in [0.717, 1.165) is 5.56 Å². The predicted octanol–water partition coefficient (Wildman–Crippen LogP) is 4.96. The van der Waals surface area contributed by atoms with Crippen LogP contribution in [0.2, 0.25) is 0 Å². The first-order valence-corrected chi connectivity index (χ1v) is 7.93. The van der Waals surface area contributed by atoms with Gasteiger partial charge in [-0.1, -0.05) is 6.07 Å². The van der Waals surface area contributed by atoms with Crippen molar-refractivity contribution in [1.29, 1.82) is 0 Å². The van der Waals surface area contributed by atoms with Crippen LogP contribution in [0.5, 0.6) is 0 Å². The van der Waals surface area contributed by atoms with Crippen LogP contribution < -0.4 is 5.32 Å². The summed E-state index contributed by atoms with van der Waals surface area (Å²) in [5.41, 5.74) is 5.33. The molecule has 124 valence electrons. The third-order valence-corrected chi connectivity index (χ3v) is 4.14. The highest BCUT2D eigenvalue weighted by atomic mass is 16.3. The number of oxazole rings is 1. The minimum Gasteiger partial charge on any atom is -0.459 e. The van der Waals surface area contributed by atoms with Gasteiger partial charge in [0.05, 0.1) is 6.26 Å². The minimum atomic E-state index is -0.303. The second-order valence-corrected chi connectivity index (χ2v) is 5.93. The molecule has 4 aromatic rings. The van der Waals surface area contributed by atoms with Crippen LogP contribution in [-0.4, -0.2) is 10.9 Å². The van der Waals surface area contributed by atoms with Crippen molar-refractivity contribution in [3.8, 4) is 11.5 Å². The van der Waals surface area contributed by atoms with Crippen molar-refractivity contribution in [1.82, 2.24) is 4.98 Å². The summed E-state index contributed by atoms with van der Waals surface area (Å²) in [5.74, 6) is 0.519. The Hall–Kier alpha value is -3.34. The van der Waals surface area contributed by atoms with E-state index in [-0.39, 0.29) is 11.7 Å². The number of aryl methyl sites for hydroxylation is 2. The molecule has 0 atom stereocenters. The van der Waals surface area contributed by atoms with E-state index < -0.39 is 0 Å². The molecule has 0 bridgehead atoms. The molecule has 25 heavy (non-hydrogen) atoms. The number of carbonyl (C=O) groups is 1. The van der Waals surface area contributed by atoms with Crippen LogP contribution in [-0.2, 0) is 0 Å². The number of carbonyl (C=O) groups excluding carboxylic acids is 1. The van der Waals surface area contributed by atoms with E-state index in [1.54, 1.807) is 30.3 Å². The Balaban J connectivity index is 1.65. The largest absolute Gasteiger partial charge is 0.459 e. The van der Waals surface area contributed by atoms with Gasteiger partial charge in [0.25, 0.3) is 5.91 Å². The number of aromatic nitrogens is 1. The summed E-state index contributed by atoms with van der Waals surface area (Å²) in [7, 11) is 0. The summed E-state index contributed by atoms with van der Waals surface area (Å²) in [4.78, 5) is 16.6. The van der Waals surface area contributed by atoms with Crippen molar-refractivity contribution in [2.75, 3.05) is 5.32 Å². The molecule has 0 saturated heterocycles. The van der Waals surface area contributed by atoms with Gasteiger partial charge in [0.15, 0.2) is 11.3 Å². The standard InChI is InChI=1S/C20H16N2O3/c1-12-5-6-14(10-13(12)2)20-22-16-11-15(7-8-17(16)25-20)21-19(23)18-4-3-9-24-18/h3-11H,1-2H3,(H,21,23). The van der Waals surface area contributed by atoms with Gasteiger partial charge in [0, 0.05) is 11.3 Å². The van der Waals surface area contributed by atoms with Crippen molar-refractivity contribution >= 4 is 22.7 Å². The van der Waals surface area contributed by atoms with Gasteiger partial charge in [-0.3, -0.25) is 4.79 Å². The van der Waals surface area contributed by atoms with Crippen LogP contribution in [0.25, 0.3) is 22.6 Å². The number of hydrogen-bond acceptors (Lipinski definition) is 4. The third kappa shape index (κ3) is 2.92. The van der Waals surface area contributed by atoms with Crippen molar-refractivity contribution in [2.24, 2.45) is 0 Å². The lowest BCUT2D eigenvalue weighted by Crippen LogP contribution is -2.10. The monoisotopic (exact) mass is 332 g/mol. The zero-order valence-electron chi connectivity index (χ0n) is 13.9. The van der Waals surface area contributed by atoms with Gasteiger partial charge >= 0.3 is 0 Å². The van der Waals surface area contributed by atoms with Crippen LogP contribution >= 0.6 is 0 Å². The van der Waals surface area contributed by atoms with Gasteiger partial charge in [0.1, 0.15) is 5.52 Å². The number of hydrogen-bond donors (Lipinski definition) is 1. The molecule has 0 aliphatic rings. The molecule has 0 aliphatic heterocycles. The molecule has 0 spiro atoms. The molecule has 0 saturated carbocycles. The average molecular weight is 332 g/mol. The molecular formula is C20H16N2O3. The summed E-state index contributed by atoms with van der Waals surface area (Å²) in [5, 5.41) is 2.79. The smallest absolute Gasteiger partial charge is 0.291 e. The lowest BCUT2D eigenvalue weighted by molar-refractivity contribution is 0.0996. The normalized spacial score (nSPS) is 11.0. The molecule has 0 unspecified atom stereocenters. The number of anilines is 1. The molecule has 1 amide bonds. The molecule has 5 nitrogen and oxygen atoms in total. The maximum absolute atomic E-state index is 12.1. The van der Waals surface area contributed by atoms with E-state index in [1.165, 1.54) is 17.4 Å². The lowest BCUT2D eigenvalue weighted by Gasteiger charge is -2.01. The predicted molar refractivity (Wildman–Crippen MR) is 95.6 cm³/mol. The molecule has 5 heteroatoms. The number of furan rings is 1. The summed E-state index contributed by atoms with van der Waals surface area (Å²) in [6.07, 6.45) is 1.46. The number of fused-ring (bicyclic) bond motifs is 1. The first-order chi connectivity index (χ1) is 12.1. The number of nitrogens with one attached hydrogen (secondary N) is 1. The van der Waals surface area contributed by atoms with E-state index in [4.69, 9.17) is 8.83 Å². The summed E-state index contributed by atoms with van der Waals surface area (Å²) < 4.78 is 10.9. The average Bonchev–Trinajstić information content (AvgIpc) is 3.26. The van der Waals surface area contributed by atoms with Crippen LogP contribution in [0, 0.1) is 13.8 Å². The van der Waals surface area contributed by atoms with Gasteiger partial charge in [-0.25, -0.2) is 4.98 Å². The summed E-state index contributed by atoms with van der Waals surface area (Å²) in [6.45, 7) is 4.13. The van der Waals surface area contributed by atoms with Crippen LogP contribution in [0.1, 0.15) is 21.7 Å². The van der Waals surface area contributed by atoms with E-state index in [9.17, 15) is 4.79 Å². The number of benzene rings is 2. The van der Waals surface area contributed by atoms with Crippen LogP contribution in [0.3, 0.4) is 0 Å². The highest BCUT2D eigenvalue weighted by Crippen LogP contribution is 2.27. The fraction of sp³-hybridized carbons (Fsp3) is 0.100. The topological polar surface area (TPSA) is 68.3 Å². The first kappa shape index (κ1) is 15.2. The van der Waals surface area contributed by atoms with E-state index in [0.29, 0.717) is 22.7 Å². The van der Waals surface area contributed by atoms with Gasteiger partial charge in [-0.2, -0.15) is 0 Å². The molecule has 0 aliphatic carbocycles. The van der Waals surface area contributed by atoms with Gasteiger partial charge < -0.3 is 14.2 Å². The van der Waals surface area contributed by atoms with Gasteiger partial charge in [-0.05, 0) is 67.4 Å². The molecule has 2 aromatic carbocycles. The van der Waals surface area contributed by atoms with Crippen molar-refractivity contribution in [3.05, 3.63) is 71.7 Å². The molecule has 2 aromatic heterocycles. The Morgan fingerprint density at radius 3 is 2.68 bits per heavy atom. The van der Waals surface area contributed by atoms with E-state index >= 15 is 0 Å². The number of rotatable bonds is 3. The number of nitrogens with zero attached hydrogens (tertiary/aromatic N) is 1. The summed E-state index contributed by atoms with van der Waals surface area (Å²) in [6, 6.07) is 14.7. The highest BCUT2D eigenvalue weighted by molar-refractivity contribution is 6.03. The lowest BCUT2D eigenvalue weighted by atomic mass is 10.1. The second-order valence-electron chi connectivity index (χ2n) is 5.93. The second kappa shape index (κ2) is 5.94. The van der Waals surface area contributed by atoms with Crippen molar-refractivity contribution < 1.29 is 13.6 Å². The first-order valence-electron chi connectivity index (χ1n) is 7.93.